The highest BCUT2D eigenvalue weighted by Crippen LogP contribution is 2.34. The van der Waals surface area contributed by atoms with Crippen LogP contribution in [0.15, 0.2) is 48.8 Å². The third-order valence-corrected chi connectivity index (χ3v) is 6.98. The van der Waals surface area contributed by atoms with E-state index in [1.807, 2.05) is 30.6 Å². The molecule has 2 aliphatic heterocycles. The van der Waals surface area contributed by atoms with Crippen molar-refractivity contribution in [1.29, 1.82) is 0 Å². The summed E-state index contributed by atoms with van der Waals surface area (Å²) in [5.41, 5.74) is 4.19. The molecule has 0 saturated carbocycles. The van der Waals surface area contributed by atoms with Crippen molar-refractivity contribution in [1.82, 2.24) is 14.9 Å². The molecule has 1 saturated heterocycles. The molecule has 1 N–H and O–H groups in total. The van der Waals surface area contributed by atoms with Gasteiger partial charge < -0.3 is 20.0 Å². The lowest BCUT2D eigenvalue weighted by molar-refractivity contribution is 0.360. The summed E-state index contributed by atoms with van der Waals surface area (Å²) in [6.07, 6.45) is 5.04. The molecule has 2 aromatic heterocycles. The third-order valence-electron chi connectivity index (χ3n) is 6.38. The Morgan fingerprint density at radius 3 is 2.64 bits per heavy atom. The fourth-order valence-corrected chi connectivity index (χ4v) is 4.84. The van der Waals surface area contributed by atoms with E-state index in [2.05, 4.69) is 45.3 Å². The molecule has 172 valence electrons. The average Bonchev–Trinajstić information content (AvgIpc) is 3.06. The van der Waals surface area contributed by atoms with Crippen molar-refractivity contribution in [2.75, 3.05) is 61.4 Å². The van der Waals surface area contributed by atoms with E-state index < -0.39 is 0 Å². The molecule has 2 aliphatic rings. The Balaban J connectivity index is 1.38. The number of nitrogens with one attached hydrogen (secondary N) is 1. The normalized spacial score (nSPS) is 16.8. The smallest absolute Gasteiger partial charge is 0.149 e. The predicted molar refractivity (Wildman–Crippen MR) is 138 cm³/mol. The van der Waals surface area contributed by atoms with E-state index in [0.717, 1.165) is 84.7 Å². The maximum absolute atomic E-state index is 6.44. The van der Waals surface area contributed by atoms with Gasteiger partial charge in [-0.3, -0.25) is 0 Å². The molecule has 6 nitrogen and oxygen atoms in total. The Morgan fingerprint density at radius 2 is 1.79 bits per heavy atom. The van der Waals surface area contributed by atoms with Gasteiger partial charge in [0.2, 0.25) is 0 Å². The number of benzene rings is 1. The number of anilines is 3. The summed E-state index contributed by atoms with van der Waals surface area (Å²) in [6.45, 7) is 6.64. The molecule has 3 aromatic rings. The van der Waals surface area contributed by atoms with Crippen LogP contribution in [0.3, 0.4) is 0 Å². The minimum atomic E-state index is 0.680. The number of hydrogen-bond donors (Lipinski definition) is 1. The van der Waals surface area contributed by atoms with Gasteiger partial charge in [-0.2, -0.15) is 0 Å². The van der Waals surface area contributed by atoms with Gasteiger partial charge in [0.25, 0.3) is 0 Å². The molecule has 5 rings (SSSR count). The number of fused-ring (bicyclic) bond motifs is 1. The highest BCUT2D eigenvalue weighted by atomic mass is 35.5. The molecule has 0 aliphatic carbocycles. The Morgan fingerprint density at radius 1 is 0.909 bits per heavy atom. The molecule has 0 bridgehead atoms. The summed E-state index contributed by atoms with van der Waals surface area (Å²) in [4.78, 5) is 16.5. The SMILES string of the molecule is CN1CCCN(c2ccc(-c3cnc4c(c3)N(Cc3cc(Cl)ccc3Cl)CCN4)cn2)CC1. The molecule has 0 spiro atoms. The third kappa shape index (κ3) is 5.03. The van der Waals surface area contributed by atoms with Crippen LogP contribution in [0.25, 0.3) is 11.1 Å². The zero-order valence-corrected chi connectivity index (χ0v) is 20.3. The van der Waals surface area contributed by atoms with E-state index in [1.54, 1.807) is 0 Å². The second kappa shape index (κ2) is 9.75. The van der Waals surface area contributed by atoms with Crippen molar-refractivity contribution >= 4 is 40.5 Å². The highest BCUT2D eigenvalue weighted by molar-refractivity contribution is 6.33. The zero-order chi connectivity index (χ0) is 22.8. The Bertz CT molecular complexity index is 1120. The number of halogens is 2. The average molecular weight is 483 g/mol. The zero-order valence-electron chi connectivity index (χ0n) is 18.8. The molecule has 8 heteroatoms. The van der Waals surface area contributed by atoms with Gasteiger partial charge in [-0.1, -0.05) is 23.2 Å². The van der Waals surface area contributed by atoms with Crippen molar-refractivity contribution < 1.29 is 0 Å². The number of pyridine rings is 2. The van der Waals surface area contributed by atoms with E-state index in [4.69, 9.17) is 33.2 Å². The second-order valence-corrected chi connectivity index (χ2v) is 9.57. The van der Waals surface area contributed by atoms with Gasteiger partial charge in [-0.25, -0.2) is 9.97 Å². The summed E-state index contributed by atoms with van der Waals surface area (Å²) in [5.74, 6) is 1.93. The molecule has 0 radical (unpaired) electrons. The molecule has 0 amide bonds. The van der Waals surface area contributed by atoms with Crippen molar-refractivity contribution in [3.63, 3.8) is 0 Å². The van der Waals surface area contributed by atoms with E-state index in [9.17, 15) is 0 Å². The van der Waals surface area contributed by atoms with Crippen molar-refractivity contribution in [3.05, 3.63) is 64.4 Å². The Hall–Kier alpha value is -2.54. The lowest BCUT2D eigenvalue weighted by atomic mass is 10.1. The van der Waals surface area contributed by atoms with E-state index in [0.29, 0.717) is 11.6 Å². The maximum Gasteiger partial charge on any atom is 0.149 e. The minimum absolute atomic E-state index is 0.680. The first-order chi connectivity index (χ1) is 16.1. The standard InChI is InChI=1S/C25H28Cl2N6/c1-31-8-2-9-32(12-11-31)24-6-3-18(15-29-24)19-14-23-25(30-16-19)28-7-10-33(23)17-20-13-21(26)4-5-22(20)27/h3-6,13-16H,2,7-12,17H2,1H3,(H,28,30). The number of likely N-dealkylation sites (N-methyl/N-ethyl adjacent to an activating group) is 1. The molecule has 1 aromatic carbocycles. The van der Waals surface area contributed by atoms with Gasteiger partial charge in [-0.15, -0.1) is 0 Å². The first-order valence-corrected chi connectivity index (χ1v) is 12.1. The molecule has 0 unspecified atom stereocenters. The highest BCUT2D eigenvalue weighted by Gasteiger charge is 2.20. The summed E-state index contributed by atoms with van der Waals surface area (Å²) in [5, 5.41) is 4.83. The van der Waals surface area contributed by atoms with Crippen LogP contribution in [-0.4, -0.2) is 61.2 Å². The first kappa shape index (κ1) is 22.3. The van der Waals surface area contributed by atoms with Gasteiger partial charge in [0, 0.05) is 72.8 Å². The predicted octanol–water partition coefficient (Wildman–Crippen LogP) is 5.02. The quantitative estimate of drug-likeness (QED) is 0.562. The van der Waals surface area contributed by atoms with Crippen molar-refractivity contribution in [2.45, 2.75) is 13.0 Å². The molecule has 4 heterocycles. The molecule has 0 atom stereocenters. The summed E-state index contributed by atoms with van der Waals surface area (Å²) >= 11 is 12.6. The Labute approximate surface area is 205 Å². The summed E-state index contributed by atoms with van der Waals surface area (Å²) in [6, 6.07) is 12.1. The van der Waals surface area contributed by atoms with E-state index in [-0.39, 0.29) is 0 Å². The van der Waals surface area contributed by atoms with Crippen molar-refractivity contribution in [2.24, 2.45) is 0 Å². The van der Waals surface area contributed by atoms with Crippen molar-refractivity contribution in [3.8, 4) is 11.1 Å². The molecular weight excluding hydrogens is 455 g/mol. The molecular formula is C25H28Cl2N6. The van der Waals surface area contributed by atoms with Crippen LogP contribution >= 0.6 is 23.2 Å². The number of rotatable bonds is 4. The van der Waals surface area contributed by atoms with Crippen LogP contribution in [-0.2, 0) is 6.54 Å². The topological polar surface area (TPSA) is 47.5 Å². The lowest BCUT2D eigenvalue weighted by Gasteiger charge is -2.32. The fourth-order valence-electron chi connectivity index (χ4n) is 4.47. The second-order valence-electron chi connectivity index (χ2n) is 8.72. The monoisotopic (exact) mass is 482 g/mol. The molecule has 1 fully saturated rings. The fraction of sp³-hybridized carbons (Fsp3) is 0.360. The number of aromatic nitrogens is 2. The summed E-state index contributed by atoms with van der Waals surface area (Å²) < 4.78 is 0. The van der Waals surface area contributed by atoms with Gasteiger partial charge >= 0.3 is 0 Å². The lowest BCUT2D eigenvalue weighted by Crippen LogP contribution is -2.34. The van der Waals surface area contributed by atoms with Crippen LogP contribution in [0.2, 0.25) is 10.0 Å². The van der Waals surface area contributed by atoms with Gasteiger partial charge in [0.05, 0.1) is 5.69 Å². The first-order valence-electron chi connectivity index (χ1n) is 11.4. The van der Waals surface area contributed by atoms with Gasteiger partial charge in [-0.05, 0) is 62.0 Å². The van der Waals surface area contributed by atoms with E-state index >= 15 is 0 Å². The van der Waals surface area contributed by atoms with E-state index in [1.165, 1.54) is 0 Å². The minimum Gasteiger partial charge on any atom is -0.367 e. The van der Waals surface area contributed by atoms with Crippen LogP contribution in [0.1, 0.15) is 12.0 Å². The maximum atomic E-state index is 6.44. The molecule has 33 heavy (non-hydrogen) atoms. The van der Waals surface area contributed by atoms with Crippen LogP contribution in [0, 0.1) is 0 Å². The van der Waals surface area contributed by atoms with Crippen LogP contribution in [0.4, 0.5) is 17.3 Å². The van der Waals surface area contributed by atoms with Crippen LogP contribution < -0.4 is 15.1 Å². The summed E-state index contributed by atoms with van der Waals surface area (Å²) in [7, 11) is 2.18. The van der Waals surface area contributed by atoms with Gasteiger partial charge in [0.1, 0.15) is 11.6 Å². The van der Waals surface area contributed by atoms with Gasteiger partial charge in [0.15, 0.2) is 0 Å². The Kier molecular flexibility index (Phi) is 6.58. The largest absolute Gasteiger partial charge is 0.367 e. The number of nitrogens with zero attached hydrogens (tertiary/aromatic N) is 5. The van der Waals surface area contributed by atoms with Crippen LogP contribution in [0.5, 0.6) is 0 Å². The number of hydrogen-bond acceptors (Lipinski definition) is 6.